The quantitative estimate of drug-likeness (QED) is 0.768. The molecule has 1 heterocycles. The van der Waals surface area contributed by atoms with Crippen molar-refractivity contribution in [3.63, 3.8) is 0 Å². The van der Waals surface area contributed by atoms with Crippen molar-refractivity contribution >= 4 is 11.8 Å². The average molecular weight is 277 g/mol. The molecule has 1 fully saturated rings. The second kappa shape index (κ2) is 5.79. The molecule has 110 valence electrons. The highest BCUT2D eigenvalue weighted by Gasteiger charge is 2.40. The number of hydrogen-bond donors (Lipinski definition) is 0. The topological polar surface area (TPSA) is 45.7 Å². The number of ether oxygens (including phenoxy) is 1. The van der Waals surface area contributed by atoms with Gasteiger partial charge in [0, 0.05) is 25.3 Å². The fourth-order valence-corrected chi connectivity index (χ4v) is 2.73. The van der Waals surface area contributed by atoms with Gasteiger partial charge in [-0.25, -0.2) is 9.78 Å². The molecule has 5 nitrogen and oxygen atoms in total. The summed E-state index contributed by atoms with van der Waals surface area (Å²) in [6, 6.07) is 3.46. The first-order chi connectivity index (χ1) is 9.48. The van der Waals surface area contributed by atoms with E-state index >= 15 is 0 Å². The van der Waals surface area contributed by atoms with E-state index in [0.717, 1.165) is 12.4 Å². The Balaban J connectivity index is 2.13. The van der Waals surface area contributed by atoms with Crippen molar-refractivity contribution in [2.75, 3.05) is 39.7 Å². The van der Waals surface area contributed by atoms with Gasteiger partial charge in [0.05, 0.1) is 12.7 Å². The van der Waals surface area contributed by atoms with Crippen LogP contribution in [-0.2, 0) is 4.74 Å². The van der Waals surface area contributed by atoms with E-state index in [1.165, 1.54) is 26.4 Å². The van der Waals surface area contributed by atoms with Gasteiger partial charge in [0.15, 0.2) is 0 Å². The lowest BCUT2D eigenvalue weighted by atomic mass is 9.75. The van der Waals surface area contributed by atoms with Gasteiger partial charge in [-0.2, -0.15) is 0 Å². The predicted molar refractivity (Wildman–Crippen MR) is 79.1 cm³/mol. The van der Waals surface area contributed by atoms with Crippen LogP contribution in [0.15, 0.2) is 18.3 Å². The van der Waals surface area contributed by atoms with Crippen LogP contribution < -0.4 is 4.90 Å². The number of esters is 1. The Bertz CT molecular complexity index is 484. The number of anilines is 1. The maximum absolute atomic E-state index is 11.6. The summed E-state index contributed by atoms with van der Waals surface area (Å²) < 4.78 is 4.75. The van der Waals surface area contributed by atoms with E-state index < -0.39 is 0 Å². The Hall–Kier alpha value is -1.62. The monoisotopic (exact) mass is 277 g/mol. The lowest BCUT2D eigenvalue weighted by molar-refractivity contribution is 0.0600. The van der Waals surface area contributed by atoms with E-state index in [-0.39, 0.29) is 11.5 Å². The first-order valence-corrected chi connectivity index (χ1v) is 6.91. The molecule has 1 aliphatic rings. The van der Waals surface area contributed by atoms with Crippen LogP contribution in [0.4, 0.5) is 5.82 Å². The first kappa shape index (κ1) is 14.8. The highest BCUT2D eigenvalue weighted by Crippen LogP contribution is 2.37. The largest absolute Gasteiger partial charge is 0.465 e. The zero-order valence-electron chi connectivity index (χ0n) is 12.7. The van der Waals surface area contributed by atoms with Crippen LogP contribution in [-0.4, -0.2) is 56.2 Å². The van der Waals surface area contributed by atoms with E-state index in [9.17, 15) is 4.79 Å². The molecule has 0 atom stereocenters. The third-order valence-electron chi connectivity index (χ3n) is 4.32. The van der Waals surface area contributed by atoms with Gasteiger partial charge >= 0.3 is 5.97 Å². The third-order valence-corrected chi connectivity index (χ3v) is 4.32. The van der Waals surface area contributed by atoms with Crippen molar-refractivity contribution in [3.8, 4) is 0 Å². The minimum absolute atomic E-state index is 0.234. The van der Waals surface area contributed by atoms with Crippen LogP contribution >= 0.6 is 0 Å². The van der Waals surface area contributed by atoms with E-state index in [1.54, 1.807) is 18.3 Å². The highest BCUT2D eigenvalue weighted by molar-refractivity contribution is 5.90. The Morgan fingerprint density at radius 3 is 2.60 bits per heavy atom. The molecule has 1 aromatic heterocycles. The summed E-state index contributed by atoms with van der Waals surface area (Å²) in [7, 11) is 7.67. The van der Waals surface area contributed by atoms with Gasteiger partial charge in [0.1, 0.15) is 5.82 Å². The van der Waals surface area contributed by atoms with Crippen molar-refractivity contribution in [2.45, 2.75) is 24.8 Å². The zero-order valence-corrected chi connectivity index (χ0v) is 12.7. The molecule has 5 heteroatoms. The molecule has 0 bridgehead atoms. The molecular weight excluding hydrogens is 254 g/mol. The van der Waals surface area contributed by atoms with Crippen LogP contribution in [0.3, 0.4) is 0 Å². The molecule has 0 spiro atoms. The van der Waals surface area contributed by atoms with Gasteiger partial charge in [0.2, 0.25) is 0 Å². The molecule has 1 saturated carbocycles. The SMILES string of the molecule is COC(=O)c1ccnc(N(C)CC2(N(C)C)CCC2)c1. The number of methoxy groups -OCH3 is 1. The zero-order chi connectivity index (χ0) is 14.8. The highest BCUT2D eigenvalue weighted by atomic mass is 16.5. The smallest absolute Gasteiger partial charge is 0.338 e. The molecule has 0 radical (unpaired) electrons. The molecule has 1 aliphatic carbocycles. The standard InChI is InChI=1S/C15H23N3O2/c1-17(2)15(7-5-8-15)11-18(3)13-10-12(6-9-16-13)14(19)20-4/h6,9-10H,5,7-8,11H2,1-4H3. The maximum Gasteiger partial charge on any atom is 0.338 e. The van der Waals surface area contributed by atoms with Crippen molar-refractivity contribution in [2.24, 2.45) is 0 Å². The summed E-state index contributed by atoms with van der Waals surface area (Å²) in [5.74, 6) is 0.481. The van der Waals surface area contributed by atoms with Gasteiger partial charge in [-0.1, -0.05) is 0 Å². The first-order valence-electron chi connectivity index (χ1n) is 6.91. The average Bonchev–Trinajstić information content (AvgIpc) is 2.41. The van der Waals surface area contributed by atoms with Crippen molar-refractivity contribution in [1.82, 2.24) is 9.88 Å². The van der Waals surface area contributed by atoms with Crippen molar-refractivity contribution in [3.05, 3.63) is 23.9 Å². The minimum Gasteiger partial charge on any atom is -0.465 e. The van der Waals surface area contributed by atoms with E-state index in [1.807, 2.05) is 7.05 Å². The van der Waals surface area contributed by atoms with E-state index in [2.05, 4.69) is 28.9 Å². The molecule has 0 aliphatic heterocycles. The number of nitrogens with zero attached hydrogens (tertiary/aromatic N) is 3. The summed E-state index contributed by atoms with van der Waals surface area (Å²) in [6.07, 6.45) is 5.35. The fraction of sp³-hybridized carbons (Fsp3) is 0.600. The fourth-order valence-electron chi connectivity index (χ4n) is 2.73. The van der Waals surface area contributed by atoms with E-state index in [4.69, 9.17) is 4.74 Å². The second-order valence-corrected chi connectivity index (χ2v) is 5.72. The summed E-state index contributed by atoms with van der Waals surface area (Å²) in [5.41, 5.74) is 0.773. The minimum atomic E-state index is -0.326. The summed E-state index contributed by atoms with van der Waals surface area (Å²) in [6.45, 7) is 0.914. The van der Waals surface area contributed by atoms with Gasteiger partial charge in [-0.3, -0.25) is 0 Å². The number of carbonyl (C=O) groups is 1. The van der Waals surface area contributed by atoms with Crippen LogP contribution in [0.2, 0.25) is 0 Å². The Kier molecular flexibility index (Phi) is 4.28. The molecule has 1 aromatic rings. The summed E-state index contributed by atoms with van der Waals surface area (Å²) in [5, 5.41) is 0. The molecular formula is C15H23N3O2. The molecule has 0 aromatic carbocycles. The molecule has 0 unspecified atom stereocenters. The van der Waals surface area contributed by atoms with Crippen LogP contribution in [0.25, 0.3) is 0 Å². The number of pyridine rings is 1. The van der Waals surface area contributed by atoms with Gasteiger partial charge in [-0.15, -0.1) is 0 Å². The van der Waals surface area contributed by atoms with Gasteiger partial charge < -0.3 is 14.5 Å². The van der Waals surface area contributed by atoms with Crippen LogP contribution in [0.1, 0.15) is 29.6 Å². The second-order valence-electron chi connectivity index (χ2n) is 5.72. The Morgan fingerprint density at radius 1 is 1.40 bits per heavy atom. The van der Waals surface area contributed by atoms with Crippen molar-refractivity contribution in [1.29, 1.82) is 0 Å². The van der Waals surface area contributed by atoms with Crippen molar-refractivity contribution < 1.29 is 9.53 Å². The van der Waals surface area contributed by atoms with Gasteiger partial charge in [0.25, 0.3) is 0 Å². The summed E-state index contributed by atoms with van der Waals surface area (Å²) >= 11 is 0. The van der Waals surface area contributed by atoms with Gasteiger partial charge in [-0.05, 0) is 45.5 Å². The Morgan fingerprint density at radius 2 is 2.10 bits per heavy atom. The van der Waals surface area contributed by atoms with E-state index in [0.29, 0.717) is 5.56 Å². The summed E-state index contributed by atoms with van der Waals surface area (Å²) in [4.78, 5) is 20.3. The molecule has 0 saturated heterocycles. The normalized spacial score (nSPS) is 16.6. The molecule has 20 heavy (non-hydrogen) atoms. The lowest BCUT2D eigenvalue weighted by Gasteiger charge is -2.49. The molecule has 0 amide bonds. The predicted octanol–water partition coefficient (Wildman–Crippen LogP) is 1.79. The number of likely N-dealkylation sites (N-methyl/N-ethyl adjacent to an activating group) is 2. The number of rotatable bonds is 5. The number of carbonyl (C=O) groups excluding carboxylic acids is 1. The molecule has 2 rings (SSSR count). The number of aromatic nitrogens is 1. The number of hydrogen-bond acceptors (Lipinski definition) is 5. The van der Waals surface area contributed by atoms with Crippen LogP contribution in [0, 0.1) is 0 Å². The van der Waals surface area contributed by atoms with Crippen LogP contribution in [0.5, 0.6) is 0 Å². The third kappa shape index (κ3) is 2.77. The Labute approximate surface area is 120 Å². The molecule has 0 N–H and O–H groups in total. The lowest BCUT2D eigenvalue weighted by Crippen LogP contribution is -2.56. The maximum atomic E-state index is 11.6.